The molecule has 0 radical (unpaired) electrons. The molecule has 10 nitrogen and oxygen atoms in total. The molecule has 1 amide bonds. The Labute approximate surface area is 203 Å². The van der Waals surface area contributed by atoms with Crippen LogP contribution in [-0.2, 0) is 23.1 Å². The van der Waals surface area contributed by atoms with Crippen LogP contribution < -0.4 is 10.1 Å². The lowest BCUT2D eigenvalue weighted by atomic mass is 9.87. The zero-order chi connectivity index (χ0) is 24.8. The van der Waals surface area contributed by atoms with Crippen molar-refractivity contribution in [3.05, 3.63) is 59.9 Å². The van der Waals surface area contributed by atoms with Gasteiger partial charge < -0.3 is 19.9 Å². The predicted octanol–water partition coefficient (Wildman–Crippen LogP) is 3.89. The molecule has 1 unspecified atom stereocenters. The van der Waals surface area contributed by atoms with Crippen LogP contribution in [0.1, 0.15) is 50.0 Å². The molecule has 2 heterocycles. The van der Waals surface area contributed by atoms with Gasteiger partial charge in [0.05, 0.1) is 36.2 Å². The first kappa shape index (κ1) is 24.2. The summed E-state index contributed by atoms with van der Waals surface area (Å²) in [6.07, 6.45) is 3.37. The van der Waals surface area contributed by atoms with Crippen molar-refractivity contribution in [3.8, 4) is 17.1 Å². The summed E-state index contributed by atoms with van der Waals surface area (Å²) in [5, 5.41) is 20.3. The zero-order valence-corrected chi connectivity index (χ0v) is 19.8. The van der Waals surface area contributed by atoms with E-state index in [1.807, 2.05) is 37.3 Å². The third-order valence-electron chi connectivity index (χ3n) is 6.15. The van der Waals surface area contributed by atoms with Gasteiger partial charge in [0.15, 0.2) is 0 Å². The Bertz CT molecular complexity index is 1150. The van der Waals surface area contributed by atoms with Crippen LogP contribution in [-0.4, -0.2) is 43.3 Å². The standard InChI is InChI=1S/C25H29N5O5/c1-16(17-7-4-3-5-8-17)34-25(33)27-15-22-23(28-29-30(22)2)21-12-11-20(14-26-21)35-19-10-6-9-18(13-19)24(31)32/h3-5,7-8,11-12,14,16,18-19H,6,9-10,13,15H2,1-2H3,(H,27,33)(H,31,32)/t16?,18-,19-/m0/s1. The van der Waals surface area contributed by atoms with Gasteiger partial charge in [-0.3, -0.25) is 9.78 Å². The summed E-state index contributed by atoms with van der Waals surface area (Å²) >= 11 is 0. The van der Waals surface area contributed by atoms with Gasteiger partial charge >= 0.3 is 12.1 Å². The van der Waals surface area contributed by atoms with Crippen LogP contribution in [0.2, 0.25) is 0 Å². The number of ether oxygens (including phenoxy) is 2. The smallest absolute Gasteiger partial charge is 0.408 e. The Morgan fingerprint density at radius 2 is 2.00 bits per heavy atom. The Kier molecular flexibility index (Phi) is 7.59. The van der Waals surface area contributed by atoms with Crippen LogP contribution in [0, 0.1) is 5.92 Å². The largest absolute Gasteiger partial charge is 0.489 e. The van der Waals surface area contributed by atoms with Crippen LogP contribution in [0.15, 0.2) is 48.7 Å². The fourth-order valence-corrected chi connectivity index (χ4v) is 4.18. The van der Waals surface area contributed by atoms with Crippen LogP contribution in [0.3, 0.4) is 0 Å². The molecule has 1 saturated carbocycles. The molecule has 0 aliphatic heterocycles. The van der Waals surface area contributed by atoms with Crippen molar-refractivity contribution in [1.82, 2.24) is 25.3 Å². The van der Waals surface area contributed by atoms with Gasteiger partial charge in [-0.15, -0.1) is 5.10 Å². The highest BCUT2D eigenvalue weighted by Gasteiger charge is 2.28. The minimum atomic E-state index is -0.769. The number of benzene rings is 1. The molecule has 3 atom stereocenters. The van der Waals surface area contributed by atoms with Crippen LogP contribution in [0.5, 0.6) is 5.75 Å². The number of hydrogen-bond acceptors (Lipinski definition) is 7. The third kappa shape index (κ3) is 6.14. The minimum Gasteiger partial charge on any atom is -0.489 e. The number of aryl methyl sites for hydroxylation is 1. The number of carboxylic acid groups (broad SMARTS) is 1. The number of amides is 1. The molecule has 0 spiro atoms. The van der Waals surface area contributed by atoms with Gasteiger partial charge in [0.1, 0.15) is 17.5 Å². The van der Waals surface area contributed by atoms with Crippen LogP contribution >= 0.6 is 0 Å². The Balaban J connectivity index is 1.36. The highest BCUT2D eigenvalue weighted by molar-refractivity contribution is 5.70. The summed E-state index contributed by atoms with van der Waals surface area (Å²) in [4.78, 5) is 28.1. The highest BCUT2D eigenvalue weighted by atomic mass is 16.6. The molecule has 1 fully saturated rings. The van der Waals surface area contributed by atoms with Gasteiger partial charge in [-0.1, -0.05) is 35.5 Å². The van der Waals surface area contributed by atoms with Crippen molar-refractivity contribution in [1.29, 1.82) is 0 Å². The average Bonchev–Trinajstić information content (AvgIpc) is 3.24. The molecule has 35 heavy (non-hydrogen) atoms. The first-order chi connectivity index (χ1) is 16.9. The first-order valence-electron chi connectivity index (χ1n) is 11.6. The zero-order valence-electron chi connectivity index (χ0n) is 19.8. The van der Waals surface area contributed by atoms with E-state index >= 15 is 0 Å². The molecule has 1 aliphatic carbocycles. The number of alkyl carbamates (subject to hydrolysis) is 1. The summed E-state index contributed by atoms with van der Waals surface area (Å²) in [7, 11) is 1.74. The molecule has 10 heteroatoms. The van der Waals surface area contributed by atoms with E-state index in [9.17, 15) is 14.7 Å². The third-order valence-corrected chi connectivity index (χ3v) is 6.15. The lowest BCUT2D eigenvalue weighted by molar-refractivity contribution is -0.143. The summed E-state index contributed by atoms with van der Waals surface area (Å²) < 4.78 is 13.0. The van der Waals surface area contributed by atoms with Crippen LogP contribution in [0.4, 0.5) is 4.79 Å². The molecule has 2 N–H and O–H groups in total. The molecular formula is C25H29N5O5. The van der Waals surface area contributed by atoms with E-state index in [1.54, 1.807) is 30.1 Å². The summed E-state index contributed by atoms with van der Waals surface area (Å²) in [6.45, 7) is 1.98. The number of nitrogens with one attached hydrogen (secondary N) is 1. The van der Waals surface area contributed by atoms with E-state index in [1.165, 1.54) is 0 Å². The van der Waals surface area contributed by atoms with Gasteiger partial charge in [0.25, 0.3) is 0 Å². The quantitative estimate of drug-likeness (QED) is 0.498. The number of aliphatic carboxylic acids is 1. The summed E-state index contributed by atoms with van der Waals surface area (Å²) in [5.41, 5.74) is 2.70. The molecule has 3 aromatic rings. The minimum absolute atomic E-state index is 0.141. The average molecular weight is 480 g/mol. The second-order valence-electron chi connectivity index (χ2n) is 8.64. The Morgan fingerprint density at radius 1 is 1.20 bits per heavy atom. The molecule has 2 aromatic heterocycles. The van der Waals surface area contributed by atoms with Gasteiger partial charge in [-0.05, 0) is 50.3 Å². The van der Waals surface area contributed by atoms with E-state index < -0.39 is 12.1 Å². The normalized spacial score (nSPS) is 18.5. The van der Waals surface area contributed by atoms with Crippen molar-refractivity contribution in [2.45, 2.75) is 51.4 Å². The number of pyridine rings is 1. The molecular weight excluding hydrogens is 450 g/mol. The SMILES string of the molecule is CC(OC(=O)NCc1c(-c2ccc(O[C@H]3CCC[C@H](C(=O)O)C3)cn2)nnn1C)c1ccccc1. The van der Waals surface area contributed by atoms with Crippen molar-refractivity contribution in [3.63, 3.8) is 0 Å². The van der Waals surface area contributed by atoms with E-state index in [2.05, 4.69) is 20.6 Å². The summed E-state index contributed by atoms with van der Waals surface area (Å²) in [5.74, 6) is -0.557. The maximum Gasteiger partial charge on any atom is 0.408 e. The second kappa shape index (κ2) is 11.0. The predicted molar refractivity (Wildman–Crippen MR) is 126 cm³/mol. The van der Waals surface area contributed by atoms with Gasteiger partial charge in [-0.2, -0.15) is 0 Å². The lowest BCUT2D eigenvalue weighted by Gasteiger charge is -2.27. The van der Waals surface area contributed by atoms with E-state index in [0.29, 0.717) is 35.7 Å². The molecule has 0 saturated heterocycles. The van der Waals surface area contributed by atoms with Crippen molar-refractivity contribution in [2.24, 2.45) is 13.0 Å². The Morgan fingerprint density at radius 3 is 2.71 bits per heavy atom. The number of nitrogens with zero attached hydrogens (tertiary/aromatic N) is 4. The summed E-state index contributed by atoms with van der Waals surface area (Å²) in [6, 6.07) is 13.1. The van der Waals surface area contributed by atoms with Crippen molar-refractivity contribution < 1.29 is 24.2 Å². The Hall–Kier alpha value is -3.95. The molecule has 1 aliphatic rings. The van der Waals surface area contributed by atoms with Gasteiger partial charge in [0.2, 0.25) is 0 Å². The molecule has 4 rings (SSSR count). The maximum atomic E-state index is 12.3. The second-order valence-corrected chi connectivity index (χ2v) is 8.64. The van der Waals surface area contributed by atoms with Gasteiger partial charge in [0, 0.05) is 7.05 Å². The van der Waals surface area contributed by atoms with Gasteiger partial charge in [-0.25, -0.2) is 9.48 Å². The number of aromatic nitrogens is 4. The molecule has 1 aromatic carbocycles. The number of hydrogen-bond donors (Lipinski definition) is 2. The number of carbonyl (C=O) groups excluding carboxylic acids is 1. The first-order valence-corrected chi connectivity index (χ1v) is 11.6. The fourth-order valence-electron chi connectivity index (χ4n) is 4.18. The number of rotatable bonds is 8. The van der Waals surface area contributed by atoms with E-state index in [0.717, 1.165) is 18.4 Å². The monoisotopic (exact) mass is 479 g/mol. The molecule has 0 bridgehead atoms. The van der Waals surface area contributed by atoms with Crippen LogP contribution in [0.25, 0.3) is 11.4 Å². The number of carbonyl (C=O) groups is 2. The van der Waals surface area contributed by atoms with E-state index in [4.69, 9.17) is 9.47 Å². The fraction of sp³-hybridized carbons (Fsp3) is 0.400. The molecule has 184 valence electrons. The highest BCUT2D eigenvalue weighted by Crippen LogP contribution is 2.29. The van der Waals surface area contributed by atoms with E-state index in [-0.39, 0.29) is 24.7 Å². The topological polar surface area (TPSA) is 128 Å². The lowest BCUT2D eigenvalue weighted by Crippen LogP contribution is -2.29. The van der Waals surface area contributed by atoms with Crippen molar-refractivity contribution in [2.75, 3.05) is 0 Å². The van der Waals surface area contributed by atoms with Crippen molar-refractivity contribution >= 4 is 12.1 Å². The maximum absolute atomic E-state index is 12.3. The number of carboxylic acids is 1.